The smallest absolute Gasteiger partial charge is 0.311 e. The van der Waals surface area contributed by atoms with Crippen LogP contribution >= 0.6 is 0 Å². The van der Waals surface area contributed by atoms with Gasteiger partial charge in [0.1, 0.15) is 12.4 Å². The van der Waals surface area contributed by atoms with Crippen LogP contribution in [0.5, 0.6) is 0 Å². The van der Waals surface area contributed by atoms with E-state index in [1.165, 1.54) is 6.08 Å². The zero-order chi connectivity index (χ0) is 22.3. The van der Waals surface area contributed by atoms with Crippen molar-refractivity contribution in [1.29, 1.82) is 0 Å². The zero-order valence-corrected chi connectivity index (χ0v) is 20.3. The Labute approximate surface area is 172 Å². The fourth-order valence-corrected chi connectivity index (χ4v) is 3.37. The van der Waals surface area contributed by atoms with E-state index in [9.17, 15) is 14.3 Å². The minimum Gasteiger partial charge on any atom is -0.464 e. The van der Waals surface area contributed by atoms with Gasteiger partial charge in [0.05, 0.1) is 5.41 Å². The Balaban J connectivity index is 4.68. The van der Waals surface area contributed by atoms with E-state index in [2.05, 4.69) is 45.7 Å². The first-order valence-corrected chi connectivity index (χ1v) is 12.8. The number of aliphatic hydroxyl groups is 1. The molecule has 0 aliphatic carbocycles. The lowest BCUT2D eigenvalue weighted by atomic mass is 9.97. The minimum absolute atomic E-state index is 0.0741. The van der Waals surface area contributed by atoms with Gasteiger partial charge in [-0.3, -0.25) is 4.79 Å². The molecule has 0 fully saturated rings. The molecule has 0 radical (unpaired) electrons. The topological polar surface area (TPSA) is 55.8 Å². The highest BCUT2D eigenvalue weighted by molar-refractivity contribution is 6.74. The molecule has 0 rings (SSSR count). The molecular weight excluding hydrogens is 375 g/mol. The van der Waals surface area contributed by atoms with Crippen molar-refractivity contribution in [1.82, 2.24) is 0 Å². The van der Waals surface area contributed by atoms with Gasteiger partial charge in [-0.1, -0.05) is 39.5 Å². The van der Waals surface area contributed by atoms with Gasteiger partial charge in [-0.2, -0.15) is 0 Å². The van der Waals surface area contributed by atoms with Gasteiger partial charge in [-0.25, -0.2) is 4.39 Å². The predicted molar refractivity (Wildman–Crippen MR) is 115 cm³/mol. The molecule has 0 saturated carbocycles. The first-order chi connectivity index (χ1) is 12.5. The van der Waals surface area contributed by atoms with Crippen LogP contribution in [0.25, 0.3) is 0 Å². The van der Waals surface area contributed by atoms with Crippen LogP contribution < -0.4 is 0 Å². The molecule has 0 amide bonds. The van der Waals surface area contributed by atoms with Gasteiger partial charge in [0.2, 0.25) is 0 Å². The fourth-order valence-electron chi connectivity index (χ4n) is 1.88. The maximum Gasteiger partial charge on any atom is 0.311 e. The zero-order valence-electron chi connectivity index (χ0n) is 19.3. The fraction of sp³-hybridized carbons (Fsp3) is 0.773. The molecular formula is C22H39FO4Si. The maximum atomic E-state index is 14.2. The summed E-state index contributed by atoms with van der Waals surface area (Å²) in [5, 5.41) is 9.97. The van der Waals surface area contributed by atoms with Crippen LogP contribution in [-0.2, 0) is 14.0 Å². The molecule has 6 heteroatoms. The average molecular weight is 415 g/mol. The molecule has 0 aromatic carbocycles. The van der Waals surface area contributed by atoms with E-state index in [4.69, 9.17) is 9.16 Å². The van der Waals surface area contributed by atoms with Gasteiger partial charge in [0.25, 0.3) is 0 Å². The van der Waals surface area contributed by atoms with Gasteiger partial charge in [-0.05, 0) is 51.9 Å². The highest BCUT2D eigenvalue weighted by Crippen LogP contribution is 2.38. The van der Waals surface area contributed by atoms with Crippen LogP contribution in [0.1, 0.15) is 61.8 Å². The Bertz CT molecular complexity index is 603. The van der Waals surface area contributed by atoms with Crippen molar-refractivity contribution in [2.45, 2.75) is 92.2 Å². The van der Waals surface area contributed by atoms with Crippen molar-refractivity contribution < 1.29 is 23.5 Å². The second-order valence-electron chi connectivity index (χ2n) is 9.85. The number of halogens is 1. The van der Waals surface area contributed by atoms with Crippen molar-refractivity contribution in [2.24, 2.45) is 11.3 Å². The molecule has 162 valence electrons. The molecule has 0 aliphatic heterocycles. The number of carbonyl (C=O) groups is 1. The number of esters is 1. The minimum atomic E-state index is -1.95. The maximum absolute atomic E-state index is 14.2. The number of ether oxygens (including phenoxy) is 1. The second-order valence-corrected chi connectivity index (χ2v) is 14.6. The lowest BCUT2D eigenvalue weighted by Gasteiger charge is -2.39. The van der Waals surface area contributed by atoms with Crippen LogP contribution in [0.3, 0.4) is 0 Å². The standard InChI is InChI=1S/C22H39FO4Si/c1-16(17(2)27-28(9,10)22(6,7)8)15-18(23)19(24)13-11-12-14-26-20(25)21(3,4)5/h15-17,19,24H,12,14H2,1-10H3/t16-,17+,19+/m1/s1. The molecule has 0 aromatic heterocycles. The van der Waals surface area contributed by atoms with Gasteiger partial charge in [0.15, 0.2) is 14.4 Å². The van der Waals surface area contributed by atoms with Gasteiger partial charge < -0.3 is 14.3 Å². The number of carbonyl (C=O) groups excluding carboxylic acids is 1. The van der Waals surface area contributed by atoms with Gasteiger partial charge in [0, 0.05) is 18.4 Å². The number of rotatable bonds is 7. The molecule has 3 atom stereocenters. The molecule has 1 N–H and O–H groups in total. The van der Waals surface area contributed by atoms with Gasteiger partial charge >= 0.3 is 5.97 Å². The first kappa shape index (κ1) is 26.8. The van der Waals surface area contributed by atoms with Crippen LogP contribution in [0.2, 0.25) is 18.1 Å². The summed E-state index contributed by atoms with van der Waals surface area (Å²) in [4.78, 5) is 11.6. The summed E-state index contributed by atoms with van der Waals surface area (Å²) in [7, 11) is -1.95. The largest absolute Gasteiger partial charge is 0.464 e. The van der Waals surface area contributed by atoms with Crippen LogP contribution in [0.4, 0.5) is 4.39 Å². The third-order valence-corrected chi connectivity index (χ3v) is 9.60. The van der Waals surface area contributed by atoms with Crippen molar-refractivity contribution in [3.8, 4) is 11.8 Å². The van der Waals surface area contributed by atoms with E-state index in [-0.39, 0.29) is 36.1 Å². The van der Waals surface area contributed by atoms with Crippen molar-refractivity contribution in [3.05, 3.63) is 11.9 Å². The summed E-state index contributed by atoms with van der Waals surface area (Å²) in [6.45, 7) is 20.0. The average Bonchev–Trinajstić information content (AvgIpc) is 2.51. The Hall–Kier alpha value is -1.16. The van der Waals surface area contributed by atoms with Crippen molar-refractivity contribution in [3.63, 3.8) is 0 Å². The summed E-state index contributed by atoms with van der Waals surface area (Å²) < 4.78 is 25.6. The van der Waals surface area contributed by atoms with E-state index < -0.39 is 25.7 Å². The molecule has 0 saturated heterocycles. The summed E-state index contributed by atoms with van der Waals surface area (Å²) in [6.07, 6.45) is -0.0342. The summed E-state index contributed by atoms with van der Waals surface area (Å²) in [5.74, 6) is 3.91. The molecule has 4 nitrogen and oxygen atoms in total. The molecule has 0 bridgehead atoms. The molecule has 0 unspecified atom stereocenters. The van der Waals surface area contributed by atoms with E-state index in [1.807, 2.05) is 13.8 Å². The van der Waals surface area contributed by atoms with Crippen LogP contribution in [0, 0.1) is 23.2 Å². The molecule has 0 spiro atoms. The highest BCUT2D eigenvalue weighted by atomic mass is 28.4. The summed E-state index contributed by atoms with van der Waals surface area (Å²) >= 11 is 0. The van der Waals surface area contributed by atoms with Gasteiger partial charge in [-0.15, -0.1) is 0 Å². The van der Waals surface area contributed by atoms with Crippen LogP contribution in [-0.4, -0.2) is 38.2 Å². The van der Waals surface area contributed by atoms with Crippen molar-refractivity contribution in [2.75, 3.05) is 6.61 Å². The molecule has 28 heavy (non-hydrogen) atoms. The quantitative estimate of drug-likeness (QED) is 0.268. The summed E-state index contributed by atoms with van der Waals surface area (Å²) in [6, 6.07) is 0. The Kier molecular flexibility index (Phi) is 10.1. The van der Waals surface area contributed by atoms with E-state index >= 15 is 0 Å². The Morgan fingerprint density at radius 2 is 1.71 bits per heavy atom. The normalized spacial score (nSPS) is 16.6. The van der Waals surface area contributed by atoms with E-state index in [1.54, 1.807) is 20.8 Å². The number of hydrogen-bond acceptors (Lipinski definition) is 4. The molecule has 0 aliphatic rings. The third-order valence-electron chi connectivity index (χ3n) is 5.02. The number of aliphatic hydroxyl groups excluding tert-OH is 1. The summed E-state index contributed by atoms with van der Waals surface area (Å²) in [5.41, 5.74) is -0.568. The Morgan fingerprint density at radius 3 is 2.18 bits per heavy atom. The second kappa shape index (κ2) is 10.6. The molecule has 0 heterocycles. The SMILES string of the molecule is C[C@H](C=C(F)[C@@H](O)C#CCCOC(=O)C(C)(C)C)[C@H](C)O[Si](C)(C)C(C)(C)C. The lowest BCUT2D eigenvalue weighted by Crippen LogP contribution is -2.44. The monoisotopic (exact) mass is 414 g/mol. The van der Waals surface area contributed by atoms with E-state index in [0.29, 0.717) is 0 Å². The van der Waals surface area contributed by atoms with E-state index in [0.717, 1.165) is 0 Å². The lowest BCUT2D eigenvalue weighted by molar-refractivity contribution is -0.152. The predicted octanol–water partition coefficient (Wildman–Crippen LogP) is 5.23. The molecule has 0 aromatic rings. The first-order valence-electron chi connectivity index (χ1n) is 9.87. The number of hydrogen-bond donors (Lipinski definition) is 1. The van der Waals surface area contributed by atoms with Crippen LogP contribution in [0.15, 0.2) is 11.9 Å². The van der Waals surface area contributed by atoms with Crippen molar-refractivity contribution >= 4 is 14.3 Å². The third kappa shape index (κ3) is 9.36. The Morgan fingerprint density at radius 1 is 1.18 bits per heavy atom. The highest BCUT2D eigenvalue weighted by Gasteiger charge is 2.39.